The summed E-state index contributed by atoms with van der Waals surface area (Å²) >= 11 is 6.32. The van der Waals surface area contributed by atoms with Crippen molar-refractivity contribution in [3.63, 3.8) is 0 Å². The molecule has 33 heavy (non-hydrogen) atoms. The Morgan fingerprint density at radius 1 is 1.06 bits per heavy atom. The molecule has 0 aliphatic rings. The minimum atomic E-state index is -0.954. The zero-order valence-electron chi connectivity index (χ0n) is 19.6. The van der Waals surface area contributed by atoms with E-state index in [-0.39, 0.29) is 12.2 Å². The number of hydrogen-bond donors (Lipinski definition) is 2. The molecule has 0 aliphatic heterocycles. The molecule has 0 spiro atoms. The molecule has 0 amide bonds. The molecule has 0 saturated heterocycles. The molecule has 0 unspecified atom stereocenters. The van der Waals surface area contributed by atoms with Crippen LogP contribution in [0.1, 0.15) is 40.3 Å². The molecule has 0 fully saturated rings. The first-order valence-electron chi connectivity index (χ1n) is 10.8. The summed E-state index contributed by atoms with van der Waals surface area (Å²) in [4.78, 5) is 23.5. The number of aromatic amines is 1. The van der Waals surface area contributed by atoms with E-state index in [9.17, 15) is 9.90 Å². The first-order valence-corrected chi connectivity index (χ1v) is 11.1. The van der Waals surface area contributed by atoms with Crippen molar-refractivity contribution in [2.45, 2.75) is 46.6 Å². The van der Waals surface area contributed by atoms with Gasteiger partial charge in [-0.1, -0.05) is 11.6 Å². The average molecular weight is 472 g/mol. The van der Waals surface area contributed by atoms with E-state index in [0.717, 1.165) is 22.5 Å². The van der Waals surface area contributed by atoms with Gasteiger partial charge < -0.3 is 19.6 Å². The first-order chi connectivity index (χ1) is 15.4. The van der Waals surface area contributed by atoms with Gasteiger partial charge in [0.15, 0.2) is 0 Å². The van der Waals surface area contributed by atoms with Crippen molar-refractivity contribution in [1.82, 2.24) is 15.0 Å². The number of nitrogens with one attached hydrogen (secondary N) is 1. The van der Waals surface area contributed by atoms with Gasteiger partial charge in [-0.2, -0.15) is 0 Å². The fraction of sp³-hybridized carbons (Fsp3) is 0.400. The number of hydrogen-bond acceptors (Lipinski definition) is 5. The predicted octanol–water partition coefficient (Wildman–Crippen LogP) is 5.64. The zero-order valence-corrected chi connectivity index (χ0v) is 20.4. The quantitative estimate of drug-likeness (QED) is 0.419. The molecule has 0 bridgehead atoms. The van der Waals surface area contributed by atoms with Gasteiger partial charge in [0.05, 0.1) is 29.0 Å². The number of aromatic nitrogens is 3. The smallest absolute Gasteiger partial charge is 0.312 e. The lowest BCUT2D eigenvalue weighted by molar-refractivity contribution is -0.148. The van der Waals surface area contributed by atoms with Crippen LogP contribution in [0.5, 0.6) is 5.75 Å². The van der Waals surface area contributed by atoms with Crippen LogP contribution in [0.4, 0.5) is 0 Å². The minimum absolute atomic E-state index is 0.0879. The van der Waals surface area contributed by atoms with E-state index in [2.05, 4.69) is 15.0 Å². The molecule has 2 N–H and O–H groups in total. The number of H-pyrrole nitrogens is 1. The maximum absolute atomic E-state index is 11.2. The summed E-state index contributed by atoms with van der Waals surface area (Å²) < 4.78 is 11.4. The van der Waals surface area contributed by atoms with Gasteiger partial charge >= 0.3 is 5.97 Å². The van der Waals surface area contributed by atoms with Crippen LogP contribution < -0.4 is 4.74 Å². The fourth-order valence-electron chi connectivity index (χ4n) is 2.90. The highest BCUT2D eigenvalue weighted by Crippen LogP contribution is 2.26. The van der Waals surface area contributed by atoms with Crippen molar-refractivity contribution in [2.75, 3.05) is 13.2 Å². The number of rotatable bonds is 9. The normalized spacial score (nSPS) is 12.1. The molecule has 0 saturated carbocycles. The van der Waals surface area contributed by atoms with Crippen molar-refractivity contribution in [3.05, 3.63) is 53.4 Å². The summed E-state index contributed by atoms with van der Waals surface area (Å²) in [6, 6.07) is 11.2. The van der Waals surface area contributed by atoms with Crippen LogP contribution in [0.15, 0.2) is 42.6 Å². The standard InChI is InChI=1S/C25H30ClN3O4/c1-24(2,3)33-13-12-20-21(26)29-22(28-20)17-8-11-19(27-14-17)16-6-9-18(10-7-16)32-15-25(4,5)23(30)31/h6-11,14H,12-13,15H2,1-5H3,(H,28,29)(H,30,31). The second kappa shape index (κ2) is 9.93. The average Bonchev–Trinajstić information content (AvgIpc) is 3.12. The van der Waals surface area contributed by atoms with Gasteiger partial charge in [0.2, 0.25) is 0 Å². The molecule has 0 aliphatic carbocycles. The first kappa shape index (κ1) is 24.7. The largest absolute Gasteiger partial charge is 0.492 e. The predicted molar refractivity (Wildman–Crippen MR) is 129 cm³/mol. The number of pyridine rings is 1. The Bertz CT molecular complexity index is 1080. The van der Waals surface area contributed by atoms with E-state index in [1.165, 1.54) is 0 Å². The van der Waals surface area contributed by atoms with E-state index in [1.807, 2.05) is 45.0 Å². The summed E-state index contributed by atoms with van der Waals surface area (Å²) in [5.41, 5.74) is 2.16. The number of carboxylic acids is 1. The molecule has 7 nitrogen and oxygen atoms in total. The maximum atomic E-state index is 11.2. The van der Waals surface area contributed by atoms with E-state index < -0.39 is 11.4 Å². The number of benzene rings is 1. The lowest BCUT2D eigenvalue weighted by Crippen LogP contribution is -2.30. The Labute approximate surface area is 199 Å². The van der Waals surface area contributed by atoms with Crippen molar-refractivity contribution in [1.29, 1.82) is 0 Å². The SMILES string of the molecule is CC(C)(C)OCCc1nc(-c2ccc(-c3ccc(OCC(C)(C)C(=O)O)cc3)nc2)[nH]c1Cl. The van der Waals surface area contributed by atoms with E-state index in [4.69, 9.17) is 21.1 Å². The van der Waals surface area contributed by atoms with Crippen LogP contribution in [-0.4, -0.2) is 44.8 Å². The van der Waals surface area contributed by atoms with Gasteiger partial charge in [-0.3, -0.25) is 9.78 Å². The second-order valence-corrected chi connectivity index (χ2v) is 9.87. The Morgan fingerprint density at radius 2 is 1.73 bits per heavy atom. The van der Waals surface area contributed by atoms with Crippen LogP contribution in [0, 0.1) is 5.41 Å². The molecule has 1 aromatic carbocycles. The van der Waals surface area contributed by atoms with Gasteiger partial charge in [-0.15, -0.1) is 0 Å². The van der Waals surface area contributed by atoms with E-state index in [0.29, 0.717) is 29.8 Å². The summed E-state index contributed by atoms with van der Waals surface area (Å²) in [6.07, 6.45) is 2.37. The highest BCUT2D eigenvalue weighted by molar-refractivity contribution is 6.30. The minimum Gasteiger partial charge on any atom is -0.492 e. The second-order valence-electron chi connectivity index (χ2n) is 9.49. The summed E-state index contributed by atoms with van der Waals surface area (Å²) in [5.74, 6) is 0.374. The van der Waals surface area contributed by atoms with Crippen molar-refractivity contribution < 1.29 is 19.4 Å². The molecular formula is C25H30ClN3O4. The third kappa shape index (κ3) is 6.79. The molecule has 2 aromatic heterocycles. The topological polar surface area (TPSA) is 97.3 Å². The Hall–Kier alpha value is -2.90. The van der Waals surface area contributed by atoms with Crippen LogP contribution >= 0.6 is 11.6 Å². The summed E-state index contributed by atoms with van der Waals surface area (Å²) in [7, 11) is 0. The fourth-order valence-corrected chi connectivity index (χ4v) is 3.12. The molecule has 8 heteroatoms. The van der Waals surface area contributed by atoms with Gasteiger partial charge in [0.1, 0.15) is 23.3 Å². The van der Waals surface area contributed by atoms with Crippen LogP contribution in [0.3, 0.4) is 0 Å². The van der Waals surface area contributed by atoms with Crippen molar-refractivity contribution in [3.8, 4) is 28.4 Å². The third-order valence-corrected chi connectivity index (χ3v) is 5.28. The summed E-state index contributed by atoms with van der Waals surface area (Å²) in [5, 5.41) is 9.70. The number of carbonyl (C=O) groups is 1. The maximum Gasteiger partial charge on any atom is 0.312 e. The molecule has 0 atom stereocenters. The molecule has 3 rings (SSSR count). The van der Waals surface area contributed by atoms with E-state index >= 15 is 0 Å². The van der Waals surface area contributed by atoms with Crippen molar-refractivity contribution >= 4 is 17.6 Å². The number of ether oxygens (including phenoxy) is 2. The van der Waals surface area contributed by atoms with Gasteiger partial charge in [-0.05, 0) is 71.0 Å². The van der Waals surface area contributed by atoms with Crippen LogP contribution in [0.25, 0.3) is 22.6 Å². The number of aliphatic carboxylic acids is 1. The molecule has 0 radical (unpaired) electrons. The monoisotopic (exact) mass is 471 g/mol. The van der Waals surface area contributed by atoms with Gasteiger partial charge in [0, 0.05) is 23.7 Å². The Morgan fingerprint density at radius 3 is 2.30 bits per heavy atom. The summed E-state index contributed by atoms with van der Waals surface area (Å²) in [6.45, 7) is 9.92. The van der Waals surface area contributed by atoms with Gasteiger partial charge in [0.25, 0.3) is 0 Å². The number of nitrogens with zero attached hydrogens (tertiary/aromatic N) is 2. The number of carboxylic acid groups (broad SMARTS) is 1. The van der Waals surface area contributed by atoms with Gasteiger partial charge in [-0.25, -0.2) is 4.98 Å². The number of halogens is 1. The Balaban J connectivity index is 1.64. The molecule has 3 aromatic rings. The zero-order chi connectivity index (χ0) is 24.2. The molecular weight excluding hydrogens is 442 g/mol. The lowest BCUT2D eigenvalue weighted by atomic mass is 9.95. The van der Waals surface area contributed by atoms with Crippen LogP contribution in [-0.2, 0) is 16.0 Å². The van der Waals surface area contributed by atoms with E-state index in [1.54, 1.807) is 32.2 Å². The lowest BCUT2D eigenvalue weighted by Gasteiger charge is -2.19. The third-order valence-electron chi connectivity index (χ3n) is 4.97. The highest BCUT2D eigenvalue weighted by Gasteiger charge is 2.28. The molecule has 2 heterocycles. The molecule has 176 valence electrons. The highest BCUT2D eigenvalue weighted by atomic mass is 35.5. The van der Waals surface area contributed by atoms with Crippen LogP contribution in [0.2, 0.25) is 5.15 Å². The number of imidazole rings is 1. The van der Waals surface area contributed by atoms with Crippen molar-refractivity contribution in [2.24, 2.45) is 5.41 Å². The Kier molecular flexibility index (Phi) is 7.44.